The minimum atomic E-state index is -0.162. The van der Waals surface area contributed by atoms with Crippen LogP contribution in [-0.4, -0.2) is 84.8 Å². The number of piperazine rings is 1. The number of hydrogen-bond donors (Lipinski definition) is 1. The number of benzene rings is 1. The van der Waals surface area contributed by atoms with Crippen molar-refractivity contribution in [1.82, 2.24) is 20.0 Å². The zero-order valence-corrected chi connectivity index (χ0v) is 17.5. The molecule has 2 aliphatic heterocycles. The van der Waals surface area contributed by atoms with E-state index in [9.17, 15) is 14.4 Å². The summed E-state index contributed by atoms with van der Waals surface area (Å²) in [4.78, 5) is 42.6. The van der Waals surface area contributed by atoms with Gasteiger partial charge in [0.2, 0.25) is 11.8 Å². The van der Waals surface area contributed by atoms with Crippen molar-refractivity contribution in [3.05, 3.63) is 34.9 Å². The minimum absolute atomic E-state index is 0.108. The van der Waals surface area contributed by atoms with Crippen molar-refractivity contribution >= 4 is 29.3 Å². The summed E-state index contributed by atoms with van der Waals surface area (Å²) in [5.41, 5.74) is 0.556. The van der Waals surface area contributed by atoms with Gasteiger partial charge in [-0.2, -0.15) is 0 Å². The van der Waals surface area contributed by atoms with Gasteiger partial charge in [-0.15, -0.1) is 0 Å². The van der Waals surface area contributed by atoms with Gasteiger partial charge in [-0.1, -0.05) is 11.6 Å². The smallest absolute Gasteiger partial charge is 0.251 e. The molecule has 1 N–H and O–H groups in total. The molecular weight excluding hydrogens is 392 g/mol. The Hall–Kier alpha value is -2.12. The Labute approximate surface area is 177 Å². The third-order valence-corrected chi connectivity index (χ3v) is 5.75. The number of amides is 3. The first kappa shape index (κ1) is 21.6. The Morgan fingerprint density at radius 3 is 2.14 bits per heavy atom. The zero-order chi connectivity index (χ0) is 20.6. The molecule has 1 aromatic carbocycles. The second-order valence-electron chi connectivity index (χ2n) is 7.61. The van der Waals surface area contributed by atoms with Crippen molar-refractivity contribution in [1.29, 1.82) is 0 Å². The monoisotopic (exact) mass is 420 g/mol. The van der Waals surface area contributed by atoms with Crippen molar-refractivity contribution in [3.63, 3.8) is 0 Å². The lowest BCUT2D eigenvalue weighted by Crippen LogP contribution is -2.51. The molecule has 3 amide bonds. The molecule has 7 nitrogen and oxygen atoms in total. The van der Waals surface area contributed by atoms with Gasteiger partial charge in [0.25, 0.3) is 5.91 Å². The Balaban J connectivity index is 1.30. The highest BCUT2D eigenvalue weighted by molar-refractivity contribution is 6.30. The van der Waals surface area contributed by atoms with Crippen molar-refractivity contribution in [2.24, 2.45) is 0 Å². The Bertz CT molecular complexity index is 711. The molecule has 0 bridgehead atoms. The molecule has 0 saturated carbocycles. The van der Waals surface area contributed by atoms with Crippen molar-refractivity contribution in [3.8, 4) is 0 Å². The normalized spacial score (nSPS) is 17.4. The maximum absolute atomic E-state index is 12.4. The number of carbonyl (C=O) groups excluding carboxylic acids is 3. The van der Waals surface area contributed by atoms with Gasteiger partial charge in [0.1, 0.15) is 0 Å². The summed E-state index contributed by atoms with van der Waals surface area (Å²) in [6.07, 6.45) is 3.22. The molecule has 29 heavy (non-hydrogen) atoms. The summed E-state index contributed by atoms with van der Waals surface area (Å²) < 4.78 is 0. The number of rotatable bonds is 7. The summed E-state index contributed by atoms with van der Waals surface area (Å²) in [5.74, 6) is 0.153. The Morgan fingerprint density at radius 2 is 1.48 bits per heavy atom. The zero-order valence-electron chi connectivity index (χ0n) is 16.7. The highest BCUT2D eigenvalue weighted by Crippen LogP contribution is 2.11. The number of carbonyl (C=O) groups is 3. The molecule has 0 radical (unpaired) electrons. The molecule has 2 fully saturated rings. The second-order valence-corrected chi connectivity index (χ2v) is 8.05. The van der Waals surface area contributed by atoms with E-state index >= 15 is 0 Å². The van der Waals surface area contributed by atoms with Crippen LogP contribution in [0.3, 0.4) is 0 Å². The fraction of sp³-hybridized carbons (Fsp3) is 0.571. The van der Waals surface area contributed by atoms with E-state index in [2.05, 4.69) is 10.2 Å². The number of likely N-dealkylation sites (tertiary alicyclic amines) is 1. The van der Waals surface area contributed by atoms with Gasteiger partial charge >= 0.3 is 0 Å². The van der Waals surface area contributed by atoms with E-state index in [0.717, 1.165) is 39.0 Å². The van der Waals surface area contributed by atoms with E-state index < -0.39 is 0 Å². The lowest BCUT2D eigenvalue weighted by Gasteiger charge is -2.35. The van der Waals surface area contributed by atoms with Gasteiger partial charge in [-0.05, 0) is 43.5 Å². The number of nitrogens with zero attached hydrogens (tertiary/aromatic N) is 3. The molecule has 2 heterocycles. The first-order valence-electron chi connectivity index (χ1n) is 10.3. The van der Waals surface area contributed by atoms with Gasteiger partial charge in [0.05, 0.1) is 6.54 Å². The quantitative estimate of drug-likeness (QED) is 0.680. The topological polar surface area (TPSA) is 73.0 Å². The van der Waals surface area contributed by atoms with E-state index in [4.69, 9.17) is 11.6 Å². The molecule has 8 heteroatoms. The van der Waals surface area contributed by atoms with Gasteiger partial charge in [0.15, 0.2) is 0 Å². The van der Waals surface area contributed by atoms with Crippen LogP contribution in [0.2, 0.25) is 5.02 Å². The van der Waals surface area contributed by atoms with Gasteiger partial charge in [-0.3, -0.25) is 19.3 Å². The van der Waals surface area contributed by atoms with Crippen LogP contribution in [-0.2, 0) is 9.59 Å². The predicted octanol–water partition coefficient (Wildman–Crippen LogP) is 1.62. The van der Waals surface area contributed by atoms with E-state index in [1.54, 1.807) is 24.3 Å². The predicted molar refractivity (Wildman–Crippen MR) is 112 cm³/mol. The van der Waals surface area contributed by atoms with Crippen LogP contribution in [0.25, 0.3) is 0 Å². The standard InChI is InChI=1S/C21H29ClN4O3/c22-18-7-5-17(6-8-18)21(29)23-9-3-4-19(27)26-14-12-24(13-15-26)16-20(28)25-10-1-2-11-25/h5-8H,1-4,9-16H2,(H,23,29). The molecule has 1 aromatic rings. The molecule has 0 spiro atoms. The molecule has 0 atom stereocenters. The van der Waals surface area contributed by atoms with Crippen molar-refractivity contribution < 1.29 is 14.4 Å². The summed E-state index contributed by atoms with van der Waals surface area (Å²) in [6.45, 7) is 5.46. The average Bonchev–Trinajstić information content (AvgIpc) is 3.27. The lowest BCUT2D eigenvalue weighted by atomic mass is 10.2. The molecule has 158 valence electrons. The number of halogens is 1. The van der Waals surface area contributed by atoms with Crippen LogP contribution in [0.5, 0.6) is 0 Å². The van der Waals surface area contributed by atoms with Gasteiger partial charge in [0, 0.05) is 62.8 Å². The van der Waals surface area contributed by atoms with Gasteiger partial charge in [-0.25, -0.2) is 0 Å². The molecule has 2 aliphatic rings. The molecule has 2 saturated heterocycles. The highest BCUT2D eigenvalue weighted by Gasteiger charge is 2.25. The van der Waals surface area contributed by atoms with Crippen LogP contribution in [0.1, 0.15) is 36.0 Å². The van der Waals surface area contributed by atoms with E-state index in [0.29, 0.717) is 49.6 Å². The summed E-state index contributed by atoms with van der Waals surface area (Å²) in [6, 6.07) is 6.71. The summed E-state index contributed by atoms with van der Waals surface area (Å²) in [5, 5.41) is 3.42. The maximum atomic E-state index is 12.4. The maximum Gasteiger partial charge on any atom is 0.251 e. The lowest BCUT2D eigenvalue weighted by molar-refractivity contribution is -0.134. The van der Waals surface area contributed by atoms with E-state index in [-0.39, 0.29) is 17.7 Å². The van der Waals surface area contributed by atoms with Crippen LogP contribution in [0.4, 0.5) is 0 Å². The van der Waals surface area contributed by atoms with E-state index in [1.165, 1.54) is 0 Å². The van der Waals surface area contributed by atoms with Crippen molar-refractivity contribution in [2.45, 2.75) is 25.7 Å². The fourth-order valence-electron chi connectivity index (χ4n) is 3.72. The van der Waals surface area contributed by atoms with Crippen LogP contribution >= 0.6 is 11.6 Å². The summed E-state index contributed by atoms with van der Waals surface area (Å²) in [7, 11) is 0. The fourth-order valence-corrected chi connectivity index (χ4v) is 3.84. The van der Waals surface area contributed by atoms with Crippen LogP contribution < -0.4 is 5.32 Å². The second kappa shape index (κ2) is 10.6. The van der Waals surface area contributed by atoms with E-state index in [1.807, 2.05) is 9.80 Å². The highest BCUT2D eigenvalue weighted by atomic mass is 35.5. The van der Waals surface area contributed by atoms with Crippen LogP contribution in [0.15, 0.2) is 24.3 Å². The molecule has 0 aromatic heterocycles. The molecular formula is C21H29ClN4O3. The van der Waals surface area contributed by atoms with Crippen LogP contribution in [0, 0.1) is 0 Å². The third kappa shape index (κ3) is 6.44. The first-order chi connectivity index (χ1) is 14.0. The molecule has 3 rings (SSSR count). The number of nitrogens with one attached hydrogen (secondary N) is 1. The van der Waals surface area contributed by atoms with Crippen molar-refractivity contribution in [2.75, 3.05) is 52.4 Å². The Morgan fingerprint density at radius 1 is 0.862 bits per heavy atom. The minimum Gasteiger partial charge on any atom is -0.352 e. The molecule has 0 unspecified atom stereocenters. The largest absolute Gasteiger partial charge is 0.352 e. The Kier molecular flexibility index (Phi) is 7.89. The average molecular weight is 421 g/mol. The third-order valence-electron chi connectivity index (χ3n) is 5.50. The van der Waals surface area contributed by atoms with Gasteiger partial charge < -0.3 is 15.1 Å². The molecule has 0 aliphatic carbocycles. The number of hydrogen-bond acceptors (Lipinski definition) is 4. The SMILES string of the molecule is O=C(NCCCC(=O)N1CCN(CC(=O)N2CCCC2)CC1)c1ccc(Cl)cc1. The summed E-state index contributed by atoms with van der Waals surface area (Å²) >= 11 is 5.82. The first-order valence-corrected chi connectivity index (χ1v) is 10.7.